The summed E-state index contributed by atoms with van der Waals surface area (Å²) < 4.78 is 0. The Kier molecular flexibility index (Phi) is 4.72. The first kappa shape index (κ1) is 19.7. The van der Waals surface area contributed by atoms with Gasteiger partial charge in [0.05, 0.1) is 17.8 Å². The van der Waals surface area contributed by atoms with Gasteiger partial charge in [-0.05, 0) is 105 Å². The first-order valence-corrected chi connectivity index (χ1v) is 11.4. The normalized spacial score (nSPS) is 55.7. The highest BCUT2D eigenvalue weighted by Crippen LogP contribution is 2.69. The first-order valence-electron chi connectivity index (χ1n) is 11.4. The van der Waals surface area contributed by atoms with Gasteiger partial charge in [-0.25, -0.2) is 0 Å². The smallest absolute Gasteiger partial charge is 0.0656 e. The second kappa shape index (κ2) is 6.46. The highest BCUT2D eigenvalue weighted by atomic mass is 16.3. The summed E-state index contributed by atoms with van der Waals surface area (Å²) in [5.41, 5.74) is -0.153. The van der Waals surface area contributed by atoms with E-state index in [9.17, 15) is 15.5 Å². The van der Waals surface area contributed by atoms with Crippen molar-refractivity contribution in [1.82, 2.24) is 0 Å². The lowest BCUT2D eigenvalue weighted by molar-refractivity contribution is -0.209. The molecule has 0 saturated heterocycles. The Labute approximate surface area is 165 Å². The molecule has 0 heterocycles. The van der Waals surface area contributed by atoms with E-state index in [1.807, 2.05) is 0 Å². The molecule has 0 aromatic rings. The molecule has 0 aromatic heterocycles. The molecule has 0 radical (unpaired) electrons. The minimum absolute atomic E-state index is 0.170. The Hall–Kier alpha value is -0.590. The fourth-order valence-electron chi connectivity index (χ4n) is 8.99. The molecule has 0 bridgehead atoms. The predicted molar refractivity (Wildman–Crippen MR) is 107 cm³/mol. The maximum absolute atomic E-state index is 11.5. The Bertz CT molecular complexity index is 624. The van der Waals surface area contributed by atoms with E-state index < -0.39 is 5.60 Å². The lowest BCUT2D eigenvalue weighted by atomic mass is 9.41. The summed E-state index contributed by atoms with van der Waals surface area (Å²) in [7, 11) is 0. The topological polar surface area (TPSA) is 64.2 Å². The van der Waals surface area contributed by atoms with Crippen molar-refractivity contribution in [2.24, 2.45) is 46.3 Å². The lowest BCUT2D eigenvalue weighted by Crippen LogP contribution is -2.62. The van der Waals surface area contributed by atoms with Gasteiger partial charge in [0.15, 0.2) is 0 Å². The molecule has 0 unspecified atom stereocenters. The third-order valence-corrected chi connectivity index (χ3v) is 10.2. The molecule has 152 valence electrons. The van der Waals surface area contributed by atoms with Crippen LogP contribution >= 0.6 is 0 Å². The number of fused-ring (bicyclic) bond motifs is 5. The summed E-state index contributed by atoms with van der Waals surface area (Å²) >= 11 is 0. The fraction of sp³-hybridized carbons (Fsp3) is 0.958. The van der Waals surface area contributed by atoms with Crippen LogP contribution in [-0.2, 0) is 0 Å². The van der Waals surface area contributed by atoms with E-state index in [-0.39, 0.29) is 17.4 Å². The van der Waals surface area contributed by atoms with E-state index in [2.05, 4.69) is 33.8 Å². The first-order chi connectivity index (χ1) is 12.6. The van der Waals surface area contributed by atoms with Crippen LogP contribution in [0.15, 0.2) is 0 Å². The van der Waals surface area contributed by atoms with Crippen molar-refractivity contribution in [1.29, 1.82) is 5.26 Å². The number of aliphatic hydroxyl groups is 2. The van der Waals surface area contributed by atoms with Gasteiger partial charge < -0.3 is 10.2 Å². The summed E-state index contributed by atoms with van der Waals surface area (Å²) in [4.78, 5) is 0. The Morgan fingerprint density at radius 3 is 2.41 bits per heavy atom. The van der Waals surface area contributed by atoms with E-state index in [1.165, 1.54) is 25.7 Å². The van der Waals surface area contributed by atoms with Crippen molar-refractivity contribution in [2.45, 2.75) is 97.2 Å². The molecule has 4 fully saturated rings. The SMILES string of the molecule is C[C@H](CC#N)[C@H]1CC[C@H]2[C@@H]3C[C@](C)(O)[C@@H]4C[C@H](O)CC[C@]4(C)[C@H]3CC[C@]12C. The Morgan fingerprint density at radius 1 is 1.04 bits per heavy atom. The molecule has 0 aliphatic heterocycles. The molecule has 0 amide bonds. The molecule has 4 aliphatic rings. The lowest BCUT2D eigenvalue weighted by Gasteiger charge is -2.64. The Balaban J connectivity index is 1.65. The van der Waals surface area contributed by atoms with E-state index >= 15 is 0 Å². The van der Waals surface area contributed by atoms with E-state index in [0.29, 0.717) is 41.4 Å². The van der Waals surface area contributed by atoms with Gasteiger partial charge in [-0.1, -0.05) is 20.8 Å². The van der Waals surface area contributed by atoms with Crippen molar-refractivity contribution in [3.63, 3.8) is 0 Å². The maximum atomic E-state index is 11.5. The van der Waals surface area contributed by atoms with Crippen LogP contribution < -0.4 is 0 Å². The standard InChI is InChI=1S/C24H39NO2/c1-15(9-12-25)18-5-6-19-17-14-24(4,27)21-13-16(26)7-10-23(21,3)20(17)8-11-22(18,19)2/h15-21,26-27H,5-11,13-14H2,1-4H3/t15-,16-,17+,18-,19+,20+,21-,22-,23-,24+/m1/s1. The third-order valence-electron chi connectivity index (χ3n) is 10.2. The van der Waals surface area contributed by atoms with Gasteiger partial charge in [0.2, 0.25) is 0 Å². The van der Waals surface area contributed by atoms with Gasteiger partial charge in [0, 0.05) is 6.42 Å². The van der Waals surface area contributed by atoms with Crippen LogP contribution in [0.1, 0.15) is 85.5 Å². The van der Waals surface area contributed by atoms with Gasteiger partial charge in [-0.2, -0.15) is 5.26 Å². The summed E-state index contributed by atoms with van der Waals surface area (Å²) in [6, 6.07) is 2.41. The van der Waals surface area contributed by atoms with Crippen LogP contribution in [0.4, 0.5) is 0 Å². The molecule has 0 spiro atoms. The fourth-order valence-corrected chi connectivity index (χ4v) is 8.99. The van der Waals surface area contributed by atoms with Crippen molar-refractivity contribution in [3.8, 4) is 6.07 Å². The van der Waals surface area contributed by atoms with Crippen LogP contribution in [0.2, 0.25) is 0 Å². The number of nitrogens with zero attached hydrogens (tertiary/aromatic N) is 1. The van der Waals surface area contributed by atoms with Crippen molar-refractivity contribution in [2.75, 3.05) is 0 Å². The molecular formula is C24H39NO2. The minimum Gasteiger partial charge on any atom is -0.393 e. The second-order valence-electron chi connectivity index (χ2n) is 11.5. The van der Waals surface area contributed by atoms with Crippen molar-refractivity contribution in [3.05, 3.63) is 0 Å². The molecule has 10 atom stereocenters. The average molecular weight is 374 g/mol. The Morgan fingerprint density at radius 2 is 1.70 bits per heavy atom. The molecule has 0 aromatic carbocycles. The molecule has 3 nitrogen and oxygen atoms in total. The molecule has 3 heteroatoms. The third kappa shape index (κ3) is 2.81. The van der Waals surface area contributed by atoms with Gasteiger partial charge >= 0.3 is 0 Å². The number of hydrogen-bond acceptors (Lipinski definition) is 3. The molecule has 4 aliphatic carbocycles. The second-order valence-corrected chi connectivity index (χ2v) is 11.5. The predicted octanol–water partition coefficient (Wildman–Crippen LogP) is 4.92. The molecule has 4 rings (SSSR count). The number of hydrogen-bond donors (Lipinski definition) is 2. The molecule has 2 N–H and O–H groups in total. The zero-order valence-electron chi connectivity index (χ0n) is 17.7. The van der Waals surface area contributed by atoms with Crippen LogP contribution in [0, 0.1) is 57.7 Å². The molecule has 27 heavy (non-hydrogen) atoms. The number of nitriles is 1. The highest BCUT2D eigenvalue weighted by Gasteiger charge is 2.64. The molecular weight excluding hydrogens is 334 g/mol. The number of aliphatic hydroxyl groups excluding tert-OH is 1. The van der Waals surface area contributed by atoms with E-state index in [4.69, 9.17) is 0 Å². The quantitative estimate of drug-likeness (QED) is 0.722. The summed E-state index contributed by atoms with van der Waals surface area (Å²) in [6.07, 6.45) is 9.17. The van der Waals surface area contributed by atoms with Crippen molar-refractivity contribution < 1.29 is 10.2 Å². The zero-order valence-corrected chi connectivity index (χ0v) is 17.7. The van der Waals surface area contributed by atoms with Crippen LogP contribution in [-0.4, -0.2) is 21.9 Å². The van der Waals surface area contributed by atoms with Crippen LogP contribution in [0.25, 0.3) is 0 Å². The summed E-state index contributed by atoms with van der Waals surface area (Å²) in [6.45, 7) is 9.28. The maximum Gasteiger partial charge on any atom is 0.0656 e. The van der Waals surface area contributed by atoms with E-state index in [0.717, 1.165) is 25.7 Å². The summed E-state index contributed by atoms with van der Waals surface area (Å²) in [5, 5.41) is 31.0. The van der Waals surface area contributed by atoms with Gasteiger partial charge in [-0.3, -0.25) is 0 Å². The van der Waals surface area contributed by atoms with Crippen LogP contribution in [0.3, 0.4) is 0 Å². The monoisotopic (exact) mass is 373 g/mol. The van der Waals surface area contributed by atoms with E-state index in [1.54, 1.807) is 0 Å². The largest absolute Gasteiger partial charge is 0.393 e. The molecule has 4 saturated carbocycles. The van der Waals surface area contributed by atoms with Crippen molar-refractivity contribution >= 4 is 0 Å². The van der Waals surface area contributed by atoms with Gasteiger partial charge in [0.1, 0.15) is 0 Å². The minimum atomic E-state index is -0.661. The summed E-state index contributed by atoms with van der Waals surface area (Å²) in [5.74, 6) is 3.37. The van der Waals surface area contributed by atoms with Gasteiger partial charge in [0.25, 0.3) is 0 Å². The van der Waals surface area contributed by atoms with Crippen LogP contribution in [0.5, 0.6) is 0 Å². The average Bonchev–Trinajstić information content (AvgIpc) is 2.94. The number of rotatable bonds is 2. The zero-order chi connectivity index (χ0) is 19.6. The highest BCUT2D eigenvalue weighted by molar-refractivity contribution is 5.14. The van der Waals surface area contributed by atoms with Gasteiger partial charge in [-0.15, -0.1) is 0 Å².